The molecule has 0 rings (SSSR count). The quantitative estimate of drug-likeness (QED) is 0.447. The summed E-state index contributed by atoms with van der Waals surface area (Å²) in [5.74, 6) is -1.15. The van der Waals surface area contributed by atoms with Crippen LogP contribution in [0.4, 0.5) is 0 Å². The first-order chi connectivity index (χ1) is 6.94. The SMILES string of the molecule is C[C@@H](OC(=O)CC(=O)C(C)(Cl)Cl)C(C)(C)C. The van der Waals surface area contributed by atoms with Crippen molar-refractivity contribution in [3.05, 3.63) is 0 Å². The van der Waals surface area contributed by atoms with Crippen LogP contribution in [0, 0.1) is 5.41 Å². The Morgan fingerprint density at radius 2 is 1.62 bits per heavy atom. The van der Waals surface area contributed by atoms with E-state index in [-0.39, 0.29) is 11.5 Å². The smallest absolute Gasteiger partial charge is 0.313 e. The largest absolute Gasteiger partial charge is 0.462 e. The van der Waals surface area contributed by atoms with Gasteiger partial charge in [-0.3, -0.25) is 9.59 Å². The first-order valence-corrected chi connectivity index (χ1v) is 5.81. The van der Waals surface area contributed by atoms with Crippen molar-refractivity contribution in [2.24, 2.45) is 5.41 Å². The molecule has 1 atom stereocenters. The number of Topliss-reactive ketones (excluding diaryl/α,β-unsaturated/α-hetero) is 1. The van der Waals surface area contributed by atoms with E-state index in [4.69, 9.17) is 27.9 Å². The van der Waals surface area contributed by atoms with Crippen molar-refractivity contribution < 1.29 is 14.3 Å². The second kappa shape index (κ2) is 5.37. The van der Waals surface area contributed by atoms with Gasteiger partial charge in [-0.15, -0.1) is 0 Å². The maximum atomic E-state index is 11.4. The van der Waals surface area contributed by atoms with Gasteiger partial charge in [-0.05, 0) is 19.3 Å². The van der Waals surface area contributed by atoms with Gasteiger partial charge in [0.1, 0.15) is 12.5 Å². The molecular formula is C11H18Cl2O3. The maximum Gasteiger partial charge on any atom is 0.313 e. The Hall–Kier alpha value is -0.280. The van der Waals surface area contributed by atoms with Crippen molar-refractivity contribution >= 4 is 35.0 Å². The van der Waals surface area contributed by atoms with Gasteiger partial charge in [0.15, 0.2) is 10.1 Å². The zero-order valence-electron chi connectivity index (χ0n) is 10.3. The van der Waals surface area contributed by atoms with Crippen molar-refractivity contribution in [3.63, 3.8) is 0 Å². The van der Waals surface area contributed by atoms with Crippen LogP contribution in [0.1, 0.15) is 41.0 Å². The number of halogens is 2. The molecule has 0 aromatic carbocycles. The molecule has 0 N–H and O–H groups in total. The van der Waals surface area contributed by atoms with E-state index in [0.29, 0.717) is 0 Å². The molecule has 0 heterocycles. The third kappa shape index (κ3) is 5.71. The fraction of sp³-hybridized carbons (Fsp3) is 0.818. The standard InChI is InChI=1S/C11H18Cl2O3/c1-7(10(2,3)4)16-9(15)6-8(14)11(5,12)13/h7H,6H2,1-5H3/t7-/m1/s1. The number of carbonyl (C=O) groups excluding carboxylic acids is 2. The lowest BCUT2D eigenvalue weighted by Gasteiger charge is -2.27. The van der Waals surface area contributed by atoms with Gasteiger partial charge in [0.05, 0.1) is 0 Å². The average Bonchev–Trinajstić information content (AvgIpc) is 1.99. The van der Waals surface area contributed by atoms with Gasteiger partial charge in [0.2, 0.25) is 0 Å². The Balaban J connectivity index is 4.26. The van der Waals surface area contributed by atoms with E-state index in [1.807, 2.05) is 20.8 Å². The predicted molar refractivity (Wildman–Crippen MR) is 64.7 cm³/mol. The number of hydrogen-bond acceptors (Lipinski definition) is 3. The molecule has 0 saturated carbocycles. The van der Waals surface area contributed by atoms with E-state index in [2.05, 4.69) is 0 Å². The number of hydrogen-bond donors (Lipinski definition) is 0. The van der Waals surface area contributed by atoms with Gasteiger partial charge in [0, 0.05) is 0 Å². The molecule has 0 aromatic rings. The van der Waals surface area contributed by atoms with Crippen molar-refractivity contribution in [1.82, 2.24) is 0 Å². The van der Waals surface area contributed by atoms with E-state index >= 15 is 0 Å². The first kappa shape index (κ1) is 15.7. The Kier molecular flexibility index (Phi) is 5.27. The van der Waals surface area contributed by atoms with Crippen LogP contribution in [0.3, 0.4) is 0 Å². The first-order valence-electron chi connectivity index (χ1n) is 5.05. The predicted octanol–water partition coefficient (Wildman–Crippen LogP) is 3.12. The summed E-state index contributed by atoms with van der Waals surface area (Å²) in [7, 11) is 0. The molecule has 0 aromatic heterocycles. The number of ether oxygens (including phenoxy) is 1. The summed E-state index contributed by atoms with van der Waals surface area (Å²) in [6, 6.07) is 0. The summed E-state index contributed by atoms with van der Waals surface area (Å²) < 4.78 is 3.57. The number of alkyl halides is 2. The third-order valence-corrected chi connectivity index (χ3v) is 2.74. The maximum absolute atomic E-state index is 11.4. The van der Waals surface area contributed by atoms with Crippen molar-refractivity contribution in [3.8, 4) is 0 Å². The van der Waals surface area contributed by atoms with Crippen LogP contribution in [0.2, 0.25) is 0 Å². The van der Waals surface area contributed by atoms with Gasteiger partial charge in [-0.25, -0.2) is 0 Å². The minimum Gasteiger partial charge on any atom is -0.462 e. The Labute approximate surface area is 106 Å². The minimum absolute atomic E-state index is 0.163. The summed E-state index contributed by atoms with van der Waals surface area (Å²) >= 11 is 11.1. The second-order valence-electron chi connectivity index (χ2n) is 4.99. The fourth-order valence-electron chi connectivity index (χ4n) is 0.702. The normalized spacial score (nSPS) is 14.4. The van der Waals surface area contributed by atoms with Crippen LogP contribution in [0.5, 0.6) is 0 Å². The van der Waals surface area contributed by atoms with Crippen molar-refractivity contribution in [2.45, 2.75) is 51.5 Å². The van der Waals surface area contributed by atoms with Gasteiger partial charge in [-0.1, -0.05) is 44.0 Å². The highest BCUT2D eigenvalue weighted by Gasteiger charge is 2.31. The Bertz CT molecular complexity index is 274. The van der Waals surface area contributed by atoms with E-state index in [1.165, 1.54) is 6.92 Å². The summed E-state index contributed by atoms with van der Waals surface area (Å²) in [6.45, 7) is 8.95. The van der Waals surface area contributed by atoms with Crippen LogP contribution in [0.15, 0.2) is 0 Å². The molecule has 0 aliphatic rings. The van der Waals surface area contributed by atoms with Crippen molar-refractivity contribution in [1.29, 1.82) is 0 Å². The number of carbonyl (C=O) groups is 2. The molecule has 94 valence electrons. The lowest BCUT2D eigenvalue weighted by atomic mass is 9.90. The molecule has 3 nitrogen and oxygen atoms in total. The lowest BCUT2D eigenvalue weighted by Crippen LogP contribution is -2.31. The van der Waals surface area contributed by atoms with Gasteiger partial charge in [-0.2, -0.15) is 0 Å². The summed E-state index contributed by atoms with van der Waals surface area (Å²) in [5.41, 5.74) is -0.163. The third-order valence-electron chi connectivity index (χ3n) is 2.32. The topological polar surface area (TPSA) is 43.4 Å². The van der Waals surface area contributed by atoms with Gasteiger partial charge < -0.3 is 4.74 Å². The highest BCUT2D eigenvalue weighted by molar-refractivity contribution is 6.58. The Morgan fingerprint density at radius 1 is 1.19 bits per heavy atom. The second-order valence-corrected chi connectivity index (χ2v) is 6.69. The highest BCUT2D eigenvalue weighted by Crippen LogP contribution is 2.24. The van der Waals surface area contributed by atoms with Crippen LogP contribution < -0.4 is 0 Å². The van der Waals surface area contributed by atoms with Gasteiger partial charge >= 0.3 is 5.97 Å². The van der Waals surface area contributed by atoms with E-state index < -0.39 is 22.5 Å². The van der Waals surface area contributed by atoms with Gasteiger partial charge in [0.25, 0.3) is 0 Å². The number of rotatable bonds is 4. The average molecular weight is 269 g/mol. The number of esters is 1. The van der Waals surface area contributed by atoms with Crippen molar-refractivity contribution in [2.75, 3.05) is 0 Å². The van der Waals surface area contributed by atoms with E-state index in [1.54, 1.807) is 6.92 Å². The summed E-state index contributed by atoms with van der Waals surface area (Å²) in [6.07, 6.45) is -0.672. The molecule has 0 aliphatic heterocycles. The van der Waals surface area contributed by atoms with E-state index in [0.717, 1.165) is 0 Å². The molecule has 0 bridgehead atoms. The zero-order chi connectivity index (χ0) is 13.1. The molecule has 0 saturated heterocycles. The molecule has 16 heavy (non-hydrogen) atoms. The molecule has 0 radical (unpaired) electrons. The monoisotopic (exact) mass is 268 g/mol. The summed E-state index contributed by atoms with van der Waals surface area (Å²) in [4.78, 5) is 22.7. The van der Waals surface area contributed by atoms with Crippen LogP contribution in [0.25, 0.3) is 0 Å². The van der Waals surface area contributed by atoms with E-state index in [9.17, 15) is 9.59 Å². The molecule has 0 spiro atoms. The molecule has 0 unspecified atom stereocenters. The van der Waals surface area contributed by atoms with Crippen LogP contribution >= 0.6 is 23.2 Å². The minimum atomic E-state index is -1.54. The number of ketones is 1. The van der Waals surface area contributed by atoms with Crippen LogP contribution in [-0.2, 0) is 14.3 Å². The zero-order valence-corrected chi connectivity index (χ0v) is 11.8. The molecule has 0 aliphatic carbocycles. The summed E-state index contributed by atoms with van der Waals surface area (Å²) in [5, 5.41) is 0. The highest BCUT2D eigenvalue weighted by atomic mass is 35.5. The lowest BCUT2D eigenvalue weighted by molar-refractivity contribution is -0.154. The Morgan fingerprint density at radius 3 is 1.94 bits per heavy atom. The molecular weight excluding hydrogens is 251 g/mol. The molecule has 0 fully saturated rings. The fourth-order valence-corrected chi connectivity index (χ4v) is 0.836. The van der Waals surface area contributed by atoms with Crippen LogP contribution in [-0.4, -0.2) is 22.2 Å². The molecule has 0 amide bonds. The molecule has 5 heteroatoms.